The highest BCUT2D eigenvalue weighted by atomic mass is 16.5. The maximum atomic E-state index is 9.10. The van der Waals surface area contributed by atoms with Crippen LogP contribution in [0.15, 0.2) is 159 Å². The highest BCUT2D eigenvalue weighted by Crippen LogP contribution is 2.30. The SMILES string of the molecule is CCCN(c1ccncc1)n1cc(C)c2cc(OCc3ccccc3)ccc21.CCCN(c1ccncc1)n1cc(C)c2cc(OCc3ccccc3)ccc21.O=C(O)C(=O)O. The van der Waals surface area contributed by atoms with Crippen molar-refractivity contribution in [3.8, 4) is 11.5 Å². The molecule has 0 aliphatic rings. The summed E-state index contributed by atoms with van der Waals surface area (Å²) in [6.45, 7) is 11.7. The van der Waals surface area contributed by atoms with Crippen LogP contribution >= 0.6 is 0 Å². The Morgan fingerprint density at radius 2 is 0.919 bits per heavy atom. The summed E-state index contributed by atoms with van der Waals surface area (Å²) in [4.78, 5) is 26.5. The number of carboxylic acids is 2. The van der Waals surface area contributed by atoms with Crippen LogP contribution in [-0.4, -0.2) is 54.6 Å². The van der Waals surface area contributed by atoms with E-state index in [1.165, 1.54) is 44.1 Å². The molecular weight excluding hydrogens is 781 g/mol. The molecule has 4 heterocycles. The lowest BCUT2D eigenvalue weighted by Gasteiger charge is -2.26. The number of pyridine rings is 2. The average molecular weight is 833 g/mol. The van der Waals surface area contributed by atoms with Gasteiger partial charge in [0.25, 0.3) is 0 Å². The molecule has 0 spiro atoms. The number of aryl methyl sites for hydroxylation is 2. The standard InChI is InChI=1S/2C24H25N3O.C2H2O4/c2*1-3-15-26(21-11-13-25-14-12-21)27-17-19(2)23-16-22(9-10-24(23)27)28-18-20-7-5-4-6-8-20;3-1(4)2(5)6/h2*4-14,16-17H,3,15,18H2,1-2H3;(H,3,4)(H,5,6). The number of benzene rings is 4. The van der Waals surface area contributed by atoms with Crippen molar-refractivity contribution in [2.24, 2.45) is 0 Å². The minimum absolute atomic E-state index is 0.574. The average Bonchev–Trinajstić information content (AvgIpc) is 3.81. The molecule has 0 amide bonds. The molecule has 0 saturated heterocycles. The number of aromatic nitrogens is 4. The van der Waals surface area contributed by atoms with Crippen molar-refractivity contribution in [3.05, 3.63) is 181 Å². The number of hydrogen-bond donors (Lipinski definition) is 2. The Hall–Kier alpha value is -7.60. The minimum atomic E-state index is -1.82. The lowest BCUT2D eigenvalue weighted by Crippen LogP contribution is -2.29. The molecule has 62 heavy (non-hydrogen) atoms. The first kappa shape index (κ1) is 44.0. The third kappa shape index (κ3) is 11.4. The molecule has 318 valence electrons. The van der Waals surface area contributed by atoms with Gasteiger partial charge in [-0.25, -0.2) is 9.59 Å². The van der Waals surface area contributed by atoms with E-state index in [4.69, 9.17) is 29.3 Å². The van der Waals surface area contributed by atoms with Gasteiger partial charge in [0.2, 0.25) is 0 Å². The number of fused-ring (bicyclic) bond motifs is 2. The molecule has 0 saturated carbocycles. The van der Waals surface area contributed by atoms with Crippen LogP contribution in [0.5, 0.6) is 11.5 Å². The Balaban J connectivity index is 0.000000183. The van der Waals surface area contributed by atoms with Crippen LogP contribution in [0.3, 0.4) is 0 Å². The molecule has 8 aromatic rings. The Bertz CT molecular complexity index is 2470. The van der Waals surface area contributed by atoms with Gasteiger partial charge in [-0.05, 0) is 110 Å². The highest BCUT2D eigenvalue weighted by molar-refractivity contribution is 6.27. The van der Waals surface area contributed by atoms with Gasteiger partial charge in [0.1, 0.15) is 24.7 Å². The summed E-state index contributed by atoms with van der Waals surface area (Å²) >= 11 is 0. The second-order valence-corrected chi connectivity index (χ2v) is 14.5. The minimum Gasteiger partial charge on any atom is -0.489 e. The molecule has 8 rings (SSSR count). The van der Waals surface area contributed by atoms with E-state index in [1.807, 2.05) is 85.5 Å². The lowest BCUT2D eigenvalue weighted by atomic mass is 10.2. The molecule has 0 aliphatic heterocycles. The van der Waals surface area contributed by atoms with Crippen LogP contribution < -0.4 is 19.5 Å². The Morgan fingerprint density at radius 3 is 1.26 bits per heavy atom. The van der Waals surface area contributed by atoms with Gasteiger partial charge in [-0.2, -0.15) is 0 Å². The van der Waals surface area contributed by atoms with Crippen LogP contribution in [0, 0.1) is 13.8 Å². The molecular formula is C50H52N6O6. The fraction of sp³-hybridized carbons (Fsp3) is 0.200. The van der Waals surface area contributed by atoms with Gasteiger partial charge in [0, 0.05) is 61.0 Å². The summed E-state index contributed by atoms with van der Waals surface area (Å²) in [6, 6.07) is 41.4. The molecule has 0 bridgehead atoms. The fourth-order valence-corrected chi connectivity index (χ4v) is 6.95. The Labute approximate surface area is 361 Å². The van der Waals surface area contributed by atoms with E-state index in [2.05, 4.69) is 130 Å². The molecule has 0 unspecified atom stereocenters. The normalized spacial score (nSPS) is 10.6. The van der Waals surface area contributed by atoms with Gasteiger partial charge in [-0.3, -0.25) is 29.3 Å². The third-order valence-corrected chi connectivity index (χ3v) is 9.90. The number of anilines is 2. The maximum absolute atomic E-state index is 9.10. The van der Waals surface area contributed by atoms with Crippen molar-refractivity contribution in [1.29, 1.82) is 0 Å². The van der Waals surface area contributed by atoms with Gasteiger partial charge in [-0.15, -0.1) is 0 Å². The number of hydrogen-bond acceptors (Lipinski definition) is 8. The summed E-state index contributed by atoms with van der Waals surface area (Å²) in [7, 11) is 0. The zero-order valence-corrected chi connectivity index (χ0v) is 35.5. The van der Waals surface area contributed by atoms with Gasteiger partial charge >= 0.3 is 11.9 Å². The van der Waals surface area contributed by atoms with Crippen LogP contribution in [-0.2, 0) is 22.8 Å². The smallest absolute Gasteiger partial charge is 0.414 e. The number of aliphatic carboxylic acids is 2. The van der Waals surface area contributed by atoms with Gasteiger partial charge < -0.3 is 19.7 Å². The molecule has 12 heteroatoms. The van der Waals surface area contributed by atoms with Crippen LogP contribution in [0.1, 0.15) is 48.9 Å². The van der Waals surface area contributed by atoms with Crippen molar-refractivity contribution < 1.29 is 29.3 Å². The first-order valence-corrected chi connectivity index (χ1v) is 20.6. The molecule has 0 aliphatic carbocycles. The van der Waals surface area contributed by atoms with Gasteiger partial charge in [0.15, 0.2) is 0 Å². The summed E-state index contributed by atoms with van der Waals surface area (Å²) in [5.74, 6) is -1.86. The number of carboxylic acid groups (broad SMARTS) is 2. The zero-order chi connectivity index (χ0) is 43.8. The lowest BCUT2D eigenvalue weighted by molar-refractivity contribution is -0.159. The summed E-state index contributed by atoms with van der Waals surface area (Å²) in [5.41, 5.74) is 9.43. The van der Waals surface area contributed by atoms with Crippen molar-refractivity contribution >= 4 is 45.1 Å². The Kier molecular flexibility index (Phi) is 15.3. The number of ether oxygens (including phenoxy) is 2. The van der Waals surface area contributed by atoms with E-state index in [0.717, 1.165) is 48.8 Å². The number of rotatable bonds is 14. The maximum Gasteiger partial charge on any atom is 0.414 e. The van der Waals surface area contributed by atoms with E-state index in [1.54, 1.807) is 0 Å². The second kappa shape index (κ2) is 21.6. The molecule has 4 aromatic heterocycles. The largest absolute Gasteiger partial charge is 0.489 e. The summed E-state index contributed by atoms with van der Waals surface area (Å²) in [6.07, 6.45) is 13.9. The zero-order valence-electron chi connectivity index (χ0n) is 35.5. The van der Waals surface area contributed by atoms with E-state index in [-0.39, 0.29) is 0 Å². The molecule has 2 N–H and O–H groups in total. The topological polar surface area (TPSA) is 135 Å². The third-order valence-electron chi connectivity index (χ3n) is 9.90. The summed E-state index contributed by atoms with van der Waals surface area (Å²) in [5, 5.41) is 21.8. The molecule has 4 aromatic carbocycles. The van der Waals surface area contributed by atoms with Gasteiger partial charge in [0.05, 0.1) is 22.4 Å². The first-order chi connectivity index (χ1) is 30.2. The predicted molar refractivity (Wildman–Crippen MR) is 245 cm³/mol. The van der Waals surface area contributed by atoms with Crippen molar-refractivity contribution in [1.82, 2.24) is 19.3 Å². The highest BCUT2D eigenvalue weighted by Gasteiger charge is 2.16. The van der Waals surface area contributed by atoms with Crippen LogP contribution in [0.25, 0.3) is 21.8 Å². The number of nitrogens with zero attached hydrogens (tertiary/aromatic N) is 6. The monoisotopic (exact) mass is 832 g/mol. The molecule has 0 radical (unpaired) electrons. The fourth-order valence-electron chi connectivity index (χ4n) is 6.95. The Morgan fingerprint density at radius 1 is 0.548 bits per heavy atom. The molecule has 12 nitrogen and oxygen atoms in total. The van der Waals surface area contributed by atoms with Crippen LogP contribution in [0.2, 0.25) is 0 Å². The van der Waals surface area contributed by atoms with E-state index in [0.29, 0.717) is 13.2 Å². The van der Waals surface area contributed by atoms with Crippen molar-refractivity contribution in [2.45, 2.75) is 53.8 Å². The predicted octanol–water partition coefficient (Wildman–Crippen LogP) is 10.4. The quantitative estimate of drug-likeness (QED) is 0.102. The van der Waals surface area contributed by atoms with E-state index < -0.39 is 11.9 Å². The second-order valence-electron chi connectivity index (χ2n) is 14.5. The van der Waals surface area contributed by atoms with Gasteiger partial charge in [-0.1, -0.05) is 74.5 Å². The molecule has 0 fully saturated rings. The van der Waals surface area contributed by atoms with Crippen LogP contribution in [0.4, 0.5) is 11.4 Å². The number of carbonyl (C=O) groups is 2. The first-order valence-electron chi connectivity index (χ1n) is 20.6. The van der Waals surface area contributed by atoms with E-state index in [9.17, 15) is 0 Å². The van der Waals surface area contributed by atoms with E-state index >= 15 is 0 Å². The van der Waals surface area contributed by atoms with Crippen molar-refractivity contribution in [2.75, 3.05) is 23.1 Å². The summed E-state index contributed by atoms with van der Waals surface area (Å²) < 4.78 is 16.5. The van der Waals surface area contributed by atoms with Crippen molar-refractivity contribution in [3.63, 3.8) is 0 Å². The molecule has 0 atom stereocenters.